The molecule has 17 heavy (non-hydrogen) atoms. The largest absolute Gasteiger partial charge is 0.395 e. The van der Waals surface area contributed by atoms with E-state index in [1.807, 2.05) is 32.0 Å². The molecule has 92 valence electrons. The number of ether oxygens (including phenoxy) is 1. The second kappa shape index (κ2) is 4.63. The topological polar surface area (TPSA) is 29.5 Å². The van der Waals surface area contributed by atoms with Crippen molar-refractivity contribution in [2.45, 2.75) is 25.9 Å². The molecule has 0 aliphatic carbocycles. The highest BCUT2D eigenvalue weighted by atomic mass is 16.5. The van der Waals surface area contributed by atoms with Gasteiger partial charge < -0.3 is 9.84 Å². The van der Waals surface area contributed by atoms with Gasteiger partial charge >= 0.3 is 0 Å². The van der Waals surface area contributed by atoms with Crippen molar-refractivity contribution in [1.29, 1.82) is 0 Å². The van der Waals surface area contributed by atoms with Crippen LogP contribution in [0.4, 0.5) is 0 Å². The van der Waals surface area contributed by atoms with Gasteiger partial charge in [0.15, 0.2) is 0 Å². The van der Waals surface area contributed by atoms with Crippen molar-refractivity contribution in [1.82, 2.24) is 0 Å². The molecule has 0 bridgehead atoms. The van der Waals surface area contributed by atoms with Crippen LogP contribution in [0.25, 0.3) is 0 Å². The Kier molecular flexibility index (Phi) is 3.36. The van der Waals surface area contributed by atoms with E-state index in [0.29, 0.717) is 6.61 Å². The standard InChI is InChI=1S/C15H20O2/c1-14(2)8-9-15(11-16,12-17-14)10-13-6-4-3-5-7-13/h3-9,16H,10-12H2,1-2H3/t15-/m1/s1. The first-order chi connectivity index (χ1) is 8.05. The molecule has 0 amide bonds. The van der Waals surface area contributed by atoms with Gasteiger partial charge in [-0.15, -0.1) is 0 Å². The molecule has 2 rings (SSSR count). The lowest BCUT2D eigenvalue weighted by atomic mass is 9.80. The molecule has 1 N–H and O–H groups in total. The second-order valence-corrected chi connectivity index (χ2v) is 5.41. The van der Waals surface area contributed by atoms with Crippen LogP contribution in [-0.2, 0) is 11.2 Å². The average Bonchev–Trinajstić information content (AvgIpc) is 2.34. The molecule has 0 saturated carbocycles. The maximum absolute atomic E-state index is 9.64. The number of aliphatic hydroxyl groups excluding tert-OH is 1. The molecule has 0 unspecified atom stereocenters. The zero-order valence-corrected chi connectivity index (χ0v) is 10.5. The lowest BCUT2D eigenvalue weighted by molar-refractivity contribution is -0.0506. The first-order valence-corrected chi connectivity index (χ1v) is 6.04. The fourth-order valence-electron chi connectivity index (χ4n) is 2.07. The second-order valence-electron chi connectivity index (χ2n) is 5.41. The Labute approximate surface area is 103 Å². The van der Waals surface area contributed by atoms with Gasteiger partial charge in [0.2, 0.25) is 0 Å². The maximum Gasteiger partial charge on any atom is 0.0807 e. The summed E-state index contributed by atoms with van der Waals surface area (Å²) >= 11 is 0. The minimum atomic E-state index is -0.267. The molecule has 1 aromatic rings. The van der Waals surface area contributed by atoms with Crippen molar-refractivity contribution in [2.75, 3.05) is 13.2 Å². The van der Waals surface area contributed by atoms with Crippen molar-refractivity contribution < 1.29 is 9.84 Å². The minimum absolute atomic E-state index is 0.120. The van der Waals surface area contributed by atoms with Crippen molar-refractivity contribution in [2.24, 2.45) is 5.41 Å². The van der Waals surface area contributed by atoms with Crippen LogP contribution in [0.5, 0.6) is 0 Å². The Bertz CT molecular complexity index is 395. The Hall–Kier alpha value is -1.12. The lowest BCUT2D eigenvalue weighted by Gasteiger charge is -2.37. The normalized spacial score (nSPS) is 27.0. The molecule has 0 spiro atoms. The van der Waals surface area contributed by atoms with Crippen molar-refractivity contribution in [3.63, 3.8) is 0 Å². The van der Waals surface area contributed by atoms with Crippen LogP contribution >= 0.6 is 0 Å². The Morgan fingerprint density at radius 1 is 1.18 bits per heavy atom. The molecule has 0 radical (unpaired) electrons. The monoisotopic (exact) mass is 232 g/mol. The van der Waals surface area contributed by atoms with E-state index >= 15 is 0 Å². The van der Waals surface area contributed by atoms with Crippen LogP contribution in [0.2, 0.25) is 0 Å². The van der Waals surface area contributed by atoms with Gasteiger partial charge in [-0.2, -0.15) is 0 Å². The van der Waals surface area contributed by atoms with Crippen LogP contribution in [-0.4, -0.2) is 23.9 Å². The zero-order valence-electron chi connectivity index (χ0n) is 10.5. The SMILES string of the molecule is CC1(C)C=C[C@](CO)(Cc2ccccc2)CO1. The summed E-state index contributed by atoms with van der Waals surface area (Å²) < 4.78 is 5.80. The van der Waals surface area contributed by atoms with Gasteiger partial charge in [-0.3, -0.25) is 0 Å². The van der Waals surface area contributed by atoms with Gasteiger partial charge in [0, 0.05) is 5.41 Å². The summed E-state index contributed by atoms with van der Waals surface area (Å²) in [5, 5.41) is 9.64. The van der Waals surface area contributed by atoms with Gasteiger partial charge in [0.1, 0.15) is 0 Å². The summed E-state index contributed by atoms with van der Waals surface area (Å²) in [6.45, 7) is 4.76. The van der Waals surface area contributed by atoms with Crippen LogP contribution in [0.1, 0.15) is 19.4 Å². The van der Waals surface area contributed by atoms with Crippen molar-refractivity contribution >= 4 is 0 Å². The summed E-state index contributed by atoms with van der Waals surface area (Å²) in [6.07, 6.45) is 4.98. The zero-order chi connectivity index (χ0) is 12.4. The Balaban J connectivity index is 2.17. The van der Waals surface area contributed by atoms with Gasteiger partial charge in [0.25, 0.3) is 0 Å². The van der Waals surface area contributed by atoms with Crippen LogP contribution in [0, 0.1) is 5.41 Å². The van der Waals surface area contributed by atoms with Gasteiger partial charge in [-0.1, -0.05) is 42.5 Å². The molecular weight excluding hydrogens is 212 g/mol. The highest BCUT2D eigenvalue weighted by Gasteiger charge is 2.34. The smallest absolute Gasteiger partial charge is 0.0807 e. The third kappa shape index (κ3) is 2.96. The minimum Gasteiger partial charge on any atom is -0.395 e. The molecule has 2 heteroatoms. The molecule has 0 saturated heterocycles. The van der Waals surface area contributed by atoms with E-state index < -0.39 is 0 Å². The van der Waals surface area contributed by atoms with Gasteiger partial charge in [-0.25, -0.2) is 0 Å². The predicted molar refractivity (Wildman–Crippen MR) is 68.8 cm³/mol. The molecule has 1 aliphatic heterocycles. The van der Waals surface area contributed by atoms with E-state index in [2.05, 4.69) is 24.3 Å². The molecule has 0 aromatic heterocycles. The van der Waals surface area contributed by atoms with Gasteiger partial charge in [0.05, 0.1) is 18.8 Å². The van der Waals surface area contributed by atoms with Gasteiger partial charge in [-0.05, 0) is 25.8 Å². The quantitative estimate of drug-likeness (QED) is 0.812. The van der Waals surface area contributed by atoms with Crippen LogP contribution in [0.15, 0.2) is 42.5 Å². The van der Waals surface area contributed by atoms with Crippen LogP contribution < -0.4 is 0 Å². The summed E-state index contributed by atoms with van der Waals surface area (Å²) in [4.78, 5) is 0. The average molecular weight is 232 g/mol. The van der Waals surface area contributed by atoms with Crippen molar-refractivity contribution in [3.8, 4) is 0 Å². The summed E-state index contributed by atoms with van der Waals surface area (Å²) in [6, 6.07) is 10.2. The van der Waals surface area contributed by atoms with Crippen molar-refractivity contribution in [3.05, 3.63) is 48.0 Å². The van der Waals surface area contributed by atoms with E-state index in [0.717, 1.165) is 6.42 Å². The van der Waals surface area contributed by atoms with E-state index in [1.165, 1.54) is 5.56 Å². The highest BCUT2D eigenvalue weighted by molar-refractivity contribution is 5.21. The predicted octanol–water partition coefficient (Wildman–Crippen LogP) is 2.57. The first kappa shape index (κ1) is 12.3. The fourth-order valence-corrected chi connectivity index (χ4v) is 2.07. The maximum atomic E-state index is 9.64. The van der Waals surface area contributed by atoms with E-state index in [4.69, 9.17) is 4.74 Å². The molecular formula is C15H20O2. The molecule has 1 aliphatic rings. The van der Waals surface area contributed by atoms with Crippen LogP contribution in [0.3, 0.4) is 0 Å². The molecule has 1 aromatic carbocycles. The third-order valence-electron chi connectivity index (χ3n) is 3.28. The molecule has 1 heterocycles. The van der Waals surface area contributed by atoms with E-state index in [-0.39, 0.29) is 17.6 Å². The molecule has 2 nitrogen and oxygen atoms in total. The number of aliphatic hydroxyl groups is 1. The molecule has 1 atom stereocenters. The first-order valence-electron chi connectivity index (χ1n) is 6.04. The fraction of sp³-hybridized carbons (Fsp3) is 0.467. The number of hydrogen-bond acceptors (Lipinski definition) is 2. The number of benzene rings is 1. The lowest BCUT2D eigenvalue weighted by Crippen LogP contribution is -2.40. The summed E-state index contributed by atoms with van der Waals surface area (Å²) in [7, 11) is 0. The number of rotatable bonds is 3. The number of hydrogen-bond donors (Lipinski definition) is 1. The third-order valence-corrected chi connectivity index (χ3v) is 3.28. The van der Waals surface area contributed by atoms with E-state index in [9.17, 15) is 5.11 Å². The molecule has 0 fully saturated rings. The Morgan fingerprint density at radius 3 is 2.41 bits per heavy atom. The van der Waals surface area contributed by atoms with E-state index in [1.54, 1.807) is 0 Å². The Morgan fingerprint density at radius 2 is 1.88 bits per heavy atom. The summed E-state index contributed by atoms with van der Waals surface area (Å²) in [5.74, 6) is 0. The summed E-state index contributed by atoms with van der Waals surface area (Å²) in [5.41, 5.74) is 0.751. The highest BCUT2D eigenvalue weighted by Crippen LogP contribution is 2.32.